The van der Waals surface area contributed by atoms with E-state index in [4.69, 9.17) is 0 Å². The maximum Gasteiger partial charge on any atom is 0.0693 e. The molecule has 4 heteroatoms. The van der Waals surface area contributed by atoms with Crippen LogP contribution in [0.4, 0.5) is 0 Å². The van der Waals surface area contributed by atoms with Crippen LogP contribution >= 0.6 is 0 Å². The van der Waals surface area contributed by atoms with Crippen molar-refractivity contribution in [2.45, 2.75) is 38.0 Å². The zero-order valence-electron chi connectivity index (χ0n) is 10.9. The highest BCUT2D eigenvalue weighted by Gasteiger charge is 2.24. The molecule has 0 saturated heterocycles. The summed E-state index contributed by atoms with van der Waals surface area (Å²) in [5.74, 6) is 0. The zero-order chi connectivity index (χ0) is 13.1. The molecule has 100 valence electrons. The van der Waals surface area contributed by atoms with E-state index in [0.717, 1.165) is 31.5 Å². The van der Waals surface area contributed by atoms with E-state index in [1.165, 1.54) is 5.56 Å². The highest BCUT2D eigenvalue weighted by molar-refractivity contribution is 5.40. The average Bonchev–Trinajstić information content (AvgIpc) is 3.08. The molecule has 0 radical (unpaired) electrons. The lowest BCUT2D eigenvalue weighted by atomic mass is 10.1. The van der Waals surface area contributed by atoms with Crippen molar-refractivity contribution in [1.29, 1.82) is 0 Å². The smallest absolute Gasteiger partial charge is 0.0693 e. The second-order valence-electron chi connectivity index (χ2n) is 5.06. The van der Waals surface area contributed by atoms with E-state index in [1.54, 1.807) is 6.20 Å². The highest BCUT2D eigenvalue weighted by atomic mass is 16.3. The van der Waals surface area contributed by atoms with Crippen LogP contribution in [0.3, 0.4) is 0 Å². The van der Waals surface area contributed by atoms with E-state index in [0.29, 0.717) is 0 Å². The molecule has 0 unspecified atom stereocenters. The molecule has 0 amide bonds. The van der Waals surface area contributed by atoms with Gasteiger partial charge in [-0.3, -0.25) is 0 Å². The van der Waals surface area contributed by atoms with Crippen molar-refractivity contribution in [3.8, 4) is 5.69 Å². The summed E-state index contributed by atoms with van der Waals surface area (Å²) in [5, 5.41) is 17.6. The van der Waals surface area contributed by atoms with Crippen LogP contribution in [0.25, 0.3) is 5.69 Å². The number of nitrogens with one attached hydrogen (secondary N) is 1. The third-order valence-corrected chi connectivity index (χ3v) is 3.78. The minimum atomic E-state index is -0.197. The first kappa shape index (κ1) is 12.4. The van der Waals surface area contributed by atoms with E-state index >= 15 is 0 Å². The maximum atomic E-state index is 9.84. The van der Waals surface area contributed by atoms with Crippen molar-refractivity contribution < 1.29 is 5.11 Å². The van der Waals surface area contributed by atoms with E-state index in [9.17, 15) is 5.11 Å². The Morgan fingerprint density at radius 1 is 1.26 bits per heavy atom. The van der Waals surface area contributed by atoms with Gasteiger partial charge in [-0.05, 0) is 37.0 Å². The van der Waals surface area contributed by atoms with Gasteiger partial charge in [0.05, 0.1) is 11.8 Å². The third-order valence-electron chi connectivity index (χ3n) is 3.78. The summed E-state index contributed by atoms with van der Waals surface area (Å²) in [4.78, 5) is 0. The summed E-state index contributed by atoms with van der Waals surface area (Å²) >= 11 is 0. The van der Waals surface area contributed by atoms with Crippen molar-refractivity contribution >= 4 is 0 Å². The number of aliphatic hydroxyl groups excluding tert-OH is 1. The SMILES string of the molecule is O[C@H]1CCC[C@@H]1NCc1ccccc1-n1cccn1. The molecule has 0 spiro atoms. The maximum absolute atomic E-state index is 9.84. The summed E-state index contributed by atoms with van der Waals surface area (Å²) < 4.78 is 1.88. The van der Waals surface area contributed by atoms with Gasteiger partial charge in [0.25, 0.3) is 0 Å². The number of para-hydroxylation sites is 1. The lowest BCUT2D eigenvalue weighted by molar-refractivity contribution is 0.148. The Kier molecular flexibility index (Phi) is 3.62. The Bertz CT molecular complexity index is 524. The first-order chi connectivity index (χ1) is 9.34. The topological polar surface area (TPSA) is 50.1 Å². The summed E-state index contributed by atoms with van der Waals surface area (Å²) in [5.41, 5.74) is 2.29. The largest absolute Gasteiger partial charge is 0.392 e. The first-order valence-corrected chi connectivity index (χ1v) is 6.84. The van der Waals surface area contributed by atoms with Gasteiger partial charge in [0.1, 0.15) is 0 Å². The molecule has 1 aliphatic rings. The van der Waals surface area contributed by atoms with Crippen LogP contribution in [-0.2, 0) is 6.54 Å². The van der Waals surface area contributed by atoms with Crippen LogP contribution in [-0.4, -0.2) is 27.0 Å². The molecule has 4 nitrogen and oxygen atoms in total. The molecule has 1 aromatic heterocycles. The molecule has 19 heavy (non-hydrogen) atoms. The lowest BCUT2D eigenvalue weighted by Crippen LogP contribution is -2.35. The predicted molar refractivity (Wildman–Crippen MR) is 74.0 cm³/mol. The summed E-state index contributed by atoms with van der Waals surface area (Å²) in [6, 6.07) is 10.4. The fourth-order valence-electron chi connectivity index (χ4n) is 2.71. The molecule has 0 aliphatic heterocycles. The second-order valence-corrected chi connectivity index (χ2v) is 5.06. The van der Waals surface area contributed by atoms with E-state index in [2.05, 4.69) is 22.5 Å². The number of aromatic nitrogens is 2. The molecule has 2 N–H and O–H groups in total. The van der Waals surface area contributed by atoms with Crippen molar-refractivity contribution in [2.24, 2.45) is 0 Å². The fourth-order valence-corrected chi connectivity index (χ4v) is 2.71. The molecule has 2 atom stereocenters. The van der Waals surface area contributed by atoms with Crippen molar-refractivity contribution in [3.63, 3.8) is 0 Å². The van der Waals surface area contributed by atoms with Gasteiger partial charge in [-0.1, -0.05) is 18.2 Å². The van der Waals surface area contributed by atoms with Crippen LogP contribution in [0.1, 0.15) is 24.8 Å². The van der Waals surface area contributed by atoms with Crippen LogP contribution < -0.4 is 5.32 Å². The molecule has 2 aromatic rings. The van der Waals surface area contributed by atoms with E-state index < -0.39 is 0 Å². The number of benzene rings is 1. The molecule has 1 heterocycles. The quantitative estimate of drug-likeness (QED) is 0.879. The van der Waals surface area contributed by atoms with Gasteiger partial charge in [-0.15, -0.1) is 0 Å². The number of hydrogen-bond donors (Lipinski definition) is 2. The van der Waals surface area contributed by atoms with Crippen LogP contribution in [0.5, 0.6) is 0 Å². The molecule has 1 aromatic carbocycles. The van der Waals surface area contributed by atoms with Gasteiger partial charge in [0, 0.05) is 25.0 Å². The highest BCUT2D eigenvalue weighted by Crippen LogP contribution is 2.20. The van der Waals surface area contributed by atoms with Crippen molar-refractivity contribution in [3.05, 3.63) is 48.3 Å². The third kappa shape index (κ3) is 2.69. The molecule has 1 fully saturated rings. The standard InChI is InChI=1S/C15H19N3O/c19-15-8-3-6-13(15)16-11-12-5-1-2-7-14(12)18-10-4-9-17-18/h1-2,4-5,7,9-10,13,15-16,19H,3,6,8,11H2/t13-,15-/m0/s1. The number of aliphatic hydroxyl groups is 1. The van der Waals surface area contributed by atoms with Crippen LogP contribution in [0, 0.1) is 0 Å². The van der Waals surface area contributed by atoms with E-state index in [-0.39, 0.29) is 12.1 Å². The van der Waals surface area contributed by atoms with Gasteiger partial charge in [0.2, 0.25) is 0 Å². The molecule has 0 bridgehead atoms. The molecule has 3 rings (SSSR count). The summed E-state index contributed by atoms with van der Waals surface area (Å²) in [7, 11) is 0. The normalized spacial score (nSPS) is 22.8. The molecule has 1 aliphatic carbocycles. The van der Waals surface area contributed by atoms with Crippen LogP contribution in [0.2, 0.25) is 0 Å². The minimum absolute atomic E-state index is 0.197. The van der Waals surface area contributed by atoms with E-state index in [1.807, 2.05) is 29.1 Å². The summed E-state index contributed by atoms with van der Waals surface area (Å²) in [6.07, 6.45) is 6.62. The van der Waals surface area contributed by atoms with Crippen molar-refractivity contribution in [1.82, 2.24) is 15.1 Å². The average molecular weight is 257 g/mol. The Morgan fingerprint density at radius 2 is 2.16 bits per heavy atom. The van der Waals surface area contributed by atoms with Gasteiger partial charge in [-0.2, -0.15) is 5.10 Å². The van der Waals surface area contributed by atoms with Gasteiger partial charge >= 0.3 is 0 Å². The lowest BCUT2D eigenvalue weighted by Gasteiger charge is -2.17. The number of hydrogen-bond acceptors (Lipinski definition) is 3. The van der Waals surface area contributed by atoms with Gasteiger partial charge in [0.15, 0.2) is 0 Å². The second kappa shape index (κ2) is 5.55. The molecular formula is C15H19N3O. The Labute approximate surface area is 113 Å². The van der Waals surface area contributed by atoms with Crippen LogP contribution in [0.15, 0.2) is 42.7 Å². The zero-order valence-corrected chi connectivity index (χ0v) is 10.9. The van der Waals surface area contributed by atoms with Gasteiger partial charge in [-0.25, -0.2) is 4.68 Å². The first-order valence-electron chi connectivity index (χ1n) is 6.84. The monoisotopic (exact) mass is 257 g/mol. The van der Waals surface area contributed by atoms with Crippen molar-refractivity contribution in [2.75, 3.05) is 0 Å². The molecule has 1 saturated carbocycles. The predicted octanol–water partition coefficient (Wildman–Crippen LogP) is 1.88. The fraction of sp³-hybridized carbons (Fsp3) is 0.400. The van der Waals surface area contributed by atoms with Gasteiger partial charge < -0.3 is 10.4 Å². The Balaban J connectivity index is 1.74. The Hall–Kier alpha value is -1.65. The minimum Gasteiger partial charge on any atom is -0.392 e. The number of nitrogens with zero attached hydrogens (tertiary/aromatic N) is 2. The Morgan fingerprint density at radius 3 is 2.89 bits per heavy atom. The number of rotatable bonds is 4. The molecular weight excluding hydrogens is 238 g/mol. The summed E-state index contributed by atoms with van der Waals surface area (Å²) in [6.45, 7) is 0.762.